The third kappa shape index (κ3) is 6.74. The lowest BCUT2D eigenvalue weighted by Crippen LogP contribution is -2.15. The van der Waals surface area contributed by atoms with E-state index in [0.29, 0.717) is 6.61 Å². The number of esters is 1. The van der Waals surface area contributed by atoms with Gasteiger partial charge in [-0.05, 0) is 38.6 Å². The minimum absolute atomic E-state index is 0.0366. The van der Waals surface area contributed by atoms with Crippen molar-refractivity contribution in [2.24, 2.45) is 0 Å². The predicted octanol–water partition coefficient (Wildman–Crippen LogP) is 2.64. The molecule has 4 nitrogen and oxygen atoms in total. The largest absolute Gasteiger partial charge is 0.462 e. The van der Waals surface area contributed by atoms with Gasteiger partial charge in [0.1, 0.15) is 11.6 Å². The average molecular weight is 250 g/mol. The van der Waals surface area contributed by atoms with E-state index >= 15 is 0 Å². The fraction of sp³-hybridized carbons (Fsp3) is 0.571. The minimum atomic E-state index is -0.546. The monoisotopic (exact) mass is 250 g/mol. The molecule has 0 aliphatic carbocycles. The molecule has 0 aliphatic rings. The van der Waals surface area contributed by atoms with Crippen molar-refractivity contribution in [1.82, 2.24) is 4.90 Å². The van der Waals surface area contributed by atoms with Gasteiger partial charge in [0.05, 0.1) is 6.61 Å². The Morgan fingerprint density at radius 1 is 1.33 bits per heavy atom. The number of allylic oxidation sites excluding steroid dienone is 2. The number of ether oxygens (including phenoxy) is 1. The third-order valence-electron chi connectivity index (χ3n) is 2.44. The van der Waals surface area contributed by atoms with Crippen LogP contribution >= 0.6 is 0 Å². The summed E-state index contributed by atoms with van der Waals surface area (Å²) < 4.78 is 4.97. The summed E-state index contributed by atoms with van der Waals surface area (Å²) >= 11 is 0. The van der Waals surface area contributed by atoms with Crippen molar-refractivity contribution >= 4 is 5.97 Å². The van der Waals surface area contributed by atoms with Gasteiger partial charge in [0, 0.05) is 13.1 Å². The lowest BCUT2D eigenvalue weighted by Gasteiger charge is -2.13. The van der Waals surface area contributed by atoms with Gasteiger partial charge in [-0.25, -0.2) is 4.79 Å². The van der Waals surface area contributed by atoms with E-state index in [-0.39, 0.29) is 5.57 Å². The Kier molecular flexibility index (Phi) is 9.38. The van der Waals surface area contributed by atoms with Crippen LogP contribution in [-0.4, -0.2) is 30.6 Å². The maximum atomic E-state index is 11.5. The lowest BCUT2D eigenvalue weighted by atomic mass is 10.2. The maximum absolute atomic E-state index is 11.5. The molecule has 0 amide bonds. The Morgan fingerprint density at radius 2 is 2.00 bits per heavy atom. The van der Waals surface area contributed by atoms with Crippen LogP contribution in [-0.2, 0) is 9.53 Å². The lowest BCUT2D eigenvalue weighted by molar-refractivity contribution is -0.138. The fourth-order valence-electron chi connectivity index (χ4n) is 1.23. The van der Waals surface area contributed by atoms with Crippen LogP contribution in [0.15, 0.2) is 23.9 Å². The molecule has 18 heavy (non-hydrogen) atoms. The quantitative estimate of drug-likeness (QED) is 0.218. The van der Waals surface area contributed by atoms with Crippen LogP contribution in [0, 0.1) is 11.3 Å². The molecule has 0 radical (unpaired) electrons. The van der Waals surface area contributed by atoms with Gasteiger partial charge in [0.2, 0.25) is 0 Å². The summed E-state index contributed by atoms with van der Waals surface area (Å²) in [6.07, 6.45) is 6.83. The summed E-state index contributed by atoms with van der Waals surface area (Å²) in [5, 5.41) is 8.87. The van der Waals surface area contributed by atoms with Crippen LogP contribution in [0.2, 0.25) is 0 Å². The summed E-state index contributed by atoms with van der Waals surface area (Å²) in [5.74, 6) is -0.546. The highest BCUT2D eigenvalue weighted by Gasteiger charge is 2.08. The molecule has 0 saturated heterocycles. The molecule has 0 aliphatic heterocycles. The Morgan fingerprint density at radius 3 is 2.50 bits per heavy atom. The first-order chi connectivity index (χ1) is 8.69. The second-order valence-electron chi connectivity index (χ2n) is 3.74. The van der Waals surface area contributed by atoms with E-state index in [1.807, 2.05) is 33.0 Å². The zero-order chi connectivity index (χ0) is 13.8. The molecule has 0 aromatic carbocycles. The SMILES string of the molecule is CCCCOC(=O)C(C#N)=CC=CN(CC)CC. The molecule has 0 aromatic rings. The van der Waals surface area contributed by atoms with Crippen LogP contribution in [0.25, 0.3) is 0 Å². The van der Waals surface area contributed by atoms with E-state index < -0.39 is 5.97 Å². The molecule has 100 valence electrons. The summed E-state index contributed by atoms with van der Waals surface area (Å²) in [6.45, 7) is 8.26. The topological polar surface area (TPSA) is 53.3 Å². The number of hydrogen-bond acceptors (Lipinski definition) is 4. The molecule has 0 unspecified atom stereocenters. The van der Waals surface area contributed by atoms with E-state index in [9.17, 15) is 4.79 Å². The van der Waals surface area contributed by atoms with Crippen molar-refractivity contribution in [3.63, 3.8) is 0 Å². The summed E-state index contributed by atoms with van der Waals surface area (Å²) in [7, 11) is 0. The Hall–Kier alpha value is -1.76. The predicted molar refractivity (Wildman–Crippen MR) is 71.6 cm³/mol. The molecule has 4 heteroatoms. The van der Waals surface area contributed by atoms with Crippen molar-refractivity contribution in [1.29, 1.82) is 5.26 Å². The number of carbonyl (C=O) groups is 1. The standard InChI is InChI=1S/C14H22N2O2/c1-4-7-11-18-14(17)13(12-15)9-8-10-16(5-2)6-3/h8-10H,4-7,11H2,1-3H3. The van der Waals surface area contributed by atoms with E-state index in [1.54, 1.807) is 6.08 Å². The summed E-state index contributed by atoms with van der Waals surface area (Å²) in [5.41, 5.74) is 0.0366. The Labute approximate surface area is 110 Å². The second kappa shape index (κ2) is 10.4. The van der Waals surface area contributed by atoms with E-state index in [1.165, 1.54) is 6.08 Å². The number of unbranched alkanes of at least 4 members (excludes halogenated alkanes) is 1. The Bertz CT molecular complexity index is 336. The summed E-state index contributed by atoms with van der Waals surface area (Å²) in [6, 6.07) is 1.86. The molecule has 0 rings (SSSR count). The van der Waals surface area contributed by atoms with Crippen molar-refractivity contribution < 1.29 is 9.53 Å². The molecular formula is C14H22N2O2. The molecule has 0 atom stereocenters. The van der Waals surface area contributed by atoms with Crippen LogP contribution in [0.4, 0.5) is 0 Å². The highest BCUT2D eigenvalue weighted by atomic mass is 16.5. The van der Waals surface area contributed by atoms with Crippen molar-refractivity contribution in [3.05, 3.63) is 23.9 Å². The molecule has 0 bridgehead atoms. The van der Waals surface area contributed by atoms with E-state index in [4.69, 9.17) is 10.00 Å². The van der Waals surface area contributed by atoms with E-state index in [2.05, 4.69) is 4.90 Å². The molecular weight excluding hydrogens is 228 g/mol. The van der Waals surface area contributed by atoms with Gasteiger partial charge in [-0.2, -0.15) is 5.26 Å². The molecule has 0 fully saturated rings. The van der Waals surface area contributed by atoms with Crippen molar-refractivity contribution in [3.8, 4) is 6.07 Å². The number of nitriles is 1. The highest BCUT2D eigenvalue weighted by Crippen LogP contribution is 2.00. The van der Waals surface area contributed by atoms with Gasteiger partial charge in [-0.3, -0.25) is 0 Å². The van der Waals surface area contributed by atoms with Gasteiger partial charge < -0.3 is 9.64 Å². The van der Waals surface area contributed by atoms with Crippen molar-refractivity contribution in [2.45, 2.75) is 33.6 Å². The molecule has 0 spiro atoms. The molecule has 0 aromatic heterocycles. The average Bonchev–Trinajstić information content (AvgIpc) is 2.39. The summed E-state index contributed by atoms with van der Waals surface area (Å²) in [4.78, 5) is 13.6. The first-order valence-electron chi connectivity index (χ1n) is 6.39. The Balaban J connectivity index is 4.39. The molecule has 0 saturated carbocycles. The fourth-order valence-corrected chi connectivity index (χ4v) is 1.23. The number of nitrogens with zero attached hydrogens (tertiary/aromatic N) is 2. The van der Waals surface area contributed by atoms with Crippen LogP contribution in [0.1, 0.15) is 33.6 Å². The zero-order valence-corrected chi connectivity index (χ0v) is 11.5. The van der Waals surface area contributed by atoms with Crippen LogP contribution in [0.5, 0.6) is 0 Å². The third-order valence-corrected chi connectivity index (χ3v) is 2.44. The number of carbonyl (C=O) groups excluding carboxylic acids is 1. The zero-order valence-electron chi connectivity index (χ0n) is 11.5. The van der Waals surface area contributed by atoms with Crippen LogP contribution < -0.4 is 0 Å². The van der Waals surface area contributed by atoms with Gasteiger partial charge in [0.15, 0.2) is 0 Å². The second-order valence-corrected chi connectivity index (χ2v) is 3.74. The van der Waals surface area contributed by atoms with Gasteiger partial charge in [-0.1, -0.05) is 13.3 Å². The van der Waals surface area contributed by atoms with E-state index in [0.717, 1.165) is 25.9 Å². The van der Waals surface area contributed by atoms with Gasteiger partial charge >= 0.3 is 5.97 Å². The minimum Gasteiger partial charge on any atom is -0.462 e. The number of hydrogen-bond donors (Lipinski definition) is 0. The van der Waals surface area contributed by atoms with Crippen molar-refractivity contribution in [2.75, 3.05) is 19.7 Å². The smallest absolute Gasteiger partial charge is 0.348 e. The number of rotatable bonds is 8. The first-order valence-corrected chi connectivity index (χ1v) is 6.39. The highest BCUT2D eigenvalue weighted by molar-refractivity contribution is 5.93. The normalized spacial score (nSPS) is 11.3. The van der Waals surface area contributed by atoms with Gasteiger partial charge in [-0.15, -0.1) is 0 Å². The maximum Gasteiger partial charge on any atom is 0.348 e. The molecule has 0 N–H and O–H groups in total. The first kappa shape index (κ1) is 16.2. The van der Waals surface area contributed by atoms with Crippen LogP contribution in [0.3, 0.4) is 0 Å². The van der Waals surface area contributed by atoms with Gasteiger partial charge in [0.25, 0.3) is 0 Å². The molecule has 0 heterocycles.